The standard InChI is InChI=1S/C30H31Cl2FN6O2/c1-14(2)39-18-8-19(39)10-21(9-18)40-28-15(3)6-16(7-17(28)12-34)27(36)22-11-20(4-5-24(22)35)41-30(37)25-23(31)13-38-29(33)26(25)32/h4-7,11,13-14,18-19,21,30,36H,8-10,35,37H2,1-3H3/t18?,19?,21?,30-/m0/s1. The number of anilines is 1. The molecule has 11 heteroatoms. The third-order valence-corrected chi connectivity index (χ3v) is 8.49. The molecule has 3 aromatic rings. The lowest BCUT2D eigenvalue weighted by atomic mass is 9.77. The Balaban J connectivity index is 1.36. The zero-order valence-corrected chi connectivity index (χ0v) is 24.4. The van der Waals surface area contributed by atoms with Crippen LogP contribution < -0.4 is 20.9 Å². The van der Waals surface area contributed by atoms with Crippen molar-refractivity contribution in [1.82, 2.24) is 9.88 Å². The molecule has 5 N–H and O–H groups in total. The first-order valence-corrected chi connectivity index (χ1v) is 14.1. The van der Waals surface area contributed by atoms with E-state index in [-0.39, 0.29) is 33.2 Å². The van der Waals surface area contributed by atoms with Crippen molar-refractivity contribution in [3.8, 4) is 17.6 Å². The molecule has 41 heavy (non-hydrogen) atoms. The molecule has 3 atom stereocenters. The summed E-state index contributed by atoms with van der Waals surface area (Å²) in [5.41, 5.74) is 14.8. The number of hydrogen-bond donors (Lipinski definition) is 3. The molecule has 8 nitrogen and oxygen atoms in total. The number of nitrogens with one attached hydrogen (secondary N) is 1. The van der Waals surface area contributed by atoms with Gasteiger partial charge in [0.25, 0.3) is 0 Å². The summed E-state index contributed by atoms with van der Waals surface area (Å²) in [6.07, 6.45) is 3.02. The molecule has 1 aromatic heterocycles. The van der Waals surface area contributed by atoms with Gasteiger partial charge in [-0.2, -0.15) is 9.65 Å². The highest BCUT2D eigenvalue weighted by Crippen LogP contribution is 2.42. The third-order valence-electron chi connectivity index (χ3n) is 7.83. The average molecular weight is 598 g/mol. The lowest BCUT2D eigenvalue weighted by Crippen LogP contribution is -2.64. The van der Waals surface area contributed by atoms with E-state index < -0.39 is 12.2 Å². The molecule has 1 aliphatic carbocycles. The van der Waals surface area contributed by atoms with Gasteiger partial charge in [0.05, 0.1) is 21.9 Å². The molecule has 3 aliphatic rings. The first kappa shape index (κ1) is 29.1. The van der Waals surface area contributed by atoms with Crippen LogP contribution in [0.5, 0.6) is 11.5 Å². The average Bonchev–Trinajstić information content (AvgIpc) is 2.92. The number of aromatic nitrogens is 1. The van der Waals surface area contributed by atoms with E-state index in [4.69, 9.17) is 49.6 Å². The molecule has 2 saturated heterocycles. The second-order valence-electron chi connectivity index (χ2n) is 10.9. The van der Waals surface area contributed by atoms with Crippen molar-refractivity contribution in [3.63, 3.8) is 0 Å². The summed E-state index contributed by atoms with van der Waals surface area (Å²) >= 11 is 12.1. The smallest absolute Gasteiger partial charge is 0.232 e. The van der Waals surface area contributed by atoms with Gasteiger partial charge in [-0.25, -0.2) is 4.98 Å². The normalized spacial score (nSPS) is 20.7. The number of piperidine rings is 1. The van der Waals surface area contributed by atoms with Gasteiger partial charge < -0.3 is 15.2 Å². The van der Waals surface area contributed by atoms with Crippen molar-refractivity contribution in [2.75, 3.05) is 5.73 Å². The first-order valence-electron chi connectivity index (χ1n) is 13.4. The first-order chi connectivity index (χ1) is 19.5. The topological polar surface area (TPSA) is 134 Å². The molecule has 0 amide bonds. The van der Waals surface area contributed by atoms with Crippen molar-refractivity contribution >= 4 is 34.6 Å². The van der Waals surface area contributed by atoms with Gasteiger partial charge in [0.15, 0.2) is 6.23 Å². The van der Waals surface area contributed by atoms with E-state index in [1.54, 1.807) is 24.3 Å². The Bertz CT molecular complexity index is 1550. The number of ether oxygens (including phenoxy) is 2. The molecule has 2 unspecified atom stereocenters. The van der Waals surface area contributed by atoms with Gasteiger partial charge in [-0.3, -0.25) is 16.0 Å². The highest BCUT2D eigenvalue weighted by atomic mass is 35.5. The molecular formula is C30H31Cl2FN6O2. The number of fused-ring (bicyclic) bond motifs is 2. The van der Waals surface area contributed by atoms with E-state index in [2.05, 4.69) is 29.8 Å². The summed E-state index contributed by atoms with van der Waals surface area (Å²) in [4.78, 5) is 6.02. The van der Waals surface area contributed by atoms with E-state index in [0.29, 0.717) is 46.3 Å². The maximum atomic E-state index is 13.9. The number of nitrogens with zero attached hydrogens (tertiary/aromatic N) is 3. The lowest BCUT2D eigenvalue weighted by Gasteiger charge is -2.57. The van der Waals surface area contributed by atoms with Crippen LogP contribution in [0.25, 0.3) is 0 Å². The van der Waals surface area contributed by atoms with Gasteiger partial charge in [-0.1, -0.05) is 23.2 Å². The van der Waals surface area contributed by atoms with Gasteiger partial charge in [-0.15, -0.1) is 0 Å². The van der Waals surface area contributed by atoms with Crippen LogP contribution in [0.4, 0.5) is 10.1 Å². The molecule has 3 heterocycles. The van der Waals surface area contributed by atoms with Crippen LogP contribution >= 0.6 is 23.2 Å². The fraction of sp³-hybridized carbons (Fsp3) is 0.367. The molecule has 2 bridgehead atoms. The van der Waals surface area contributed by atoms with Crippen LogP contribution in [0.3, 0.4) is 0 Å². The summed E-state index contributed by atoms with van der Waals surface area (Å²) < 4.78 is 26.1. The Hall–Kier alpha value is -3.42. The van der Waals surface area contributed by atoms with Gasteiger partial charge in [0.1, 0.15) is 28.7 Å². The highest BCUT2D eigenvalue weighted by Gasteiger charge is 2.47. The van der Waals surface area contributed by atoms with Gasteiger partial charge in [0.2, 0.25) is 5.95 Å². The Morgan fingerprint density at radius 3 is 2.56 bits per heavy atom. The molecule has 2 aliphatic heterocycles. The van der Waals surface area contributed by atoms with Crippen molar-refractivity contribution in [2.24, 2.45) is 5.73 Å². The maximum Gasteiger partial charge on any atom is 0.232 e. The number of nitrogen functional groups attached to an aromatic ring is 1. The highest BCUT2D eigenvalue weighted by molar-refractivity contribution is 6.35. The molecule has 0 spiro atoms. The SMILES string of the molecule is Cc1cc(C(=N)c2cc(O[C@H](N)c3c(Cl)cnc(F)c3Cl)ccc2N)cc(C#N)c1OC1CC2CC(C1)N2C(C)C. The van der Waals surface area contributed by atoms with E-state index in [9.17, 15) is 9.65 Å². The Kier molecular flexibility index (Phi) is 8.13. The summed E-state index contributed by atoms with van der Waals surface area (Å²) in [7, 11) is 0. The number of hydrogen-bond acceptors (Lipinski definition) is 8. The Morgan fingerprint density at radius 1 is 1.20 bits per heavy atom. The molecule has 3 fully saturated rings. The van der Waals surface area contributed by atoms with E-state index >= 15 is 0 Å². The van der Waals surface area contributed by atoms with Crippen LogP contribution in [-0.4, -0.2) is 39.8 Å². The number of pyridine rings is 1. The van der Waals surface area contributed by atoms with Gasteiger partial charge >= 0.3 is 0 Å². The van der Waals surface area contributed by atoms with E-state index in [0.717, 1.165) is 24.6 Å². The zero-order valence-electron chi connectivity index (χ0n) is 22.9. The summed E-state index contributed by atoms with van der Waals surface area (Å²) in [6, 6.07) is 12.0. The van der Waals surface area contributed by atoms with Crippen LogP contribution in [0, 0.1) is 29.6 Å². The van der Waals surface area contributed by atoms with Crippen molar-refractivity contribution < 1.29 is 13.9 Å². The molecule has 6 rings (SSSR count). The number of benzene rings is 2. The zero-order chi connectivity index (χ0) is 29.6. The van der Waals surface area contributed by atoms with Gasteiger partial charge in [-0.05, 0) is 75.9 Å². The molecule has 0 radical (unpaired) electrons. The Morgan fingerprint density at radius 2 is 1.90 bits per heavy atom. The predicted molar refractivity (Wildman–Crippen MR) is 157 cm³/mol. The fourth-order valence-electron chi connectivity index (χ4n) is 6.02. The summed E-state index contributed by atoms with van der Waals surface area (Å²) in [6.45, 7) is 6.32. The molecule has 2 aromatic carbocycles. The number of aryl methyl sites for hydroxylation is 1. The summed E-state index contributed by atoms with van der Waals surface area (Å²) in [5.74, 6) is -0.0982. The number of halogens is 3. The second-order valence-corrected chi connectivity index (χ2v) is 11.6. The lowest BCUT2D eigenvalue weighted by molar-refractivity contribution is -0.0914. The predicted octanol–water partition coefficient (Wildman–Crippen LogP) is 6.13. The van der Waals surface area contributed by atoms with Crippen molar-refractivity contribution in [3.05, 3.63) is 80.3 Å². The van der Waals surface area contributed by atoms with Crippen LogP contribution in [0.15, 0.2) is 36.5 Å². The molecule has 1 saturated carbocycles. The Labute approximate surface area is 248 Å². The molecular weight excluding hydrogens is 566 g/mol. The quantitative estimate of drug-likeness (QED) is 0.123. The maximum absolute atomic E-state index is 13.9. The number of rotatable bonds is 8. The molecule has 214 valence electrons. The fourth-order valence-corrected chi connectivity index (χ4v) is 6.58. The largest absolute Gasteiger partial charge is 0.489 e. The van der Waals surface area contributed by atoms with Gasteiger partial charge in [0, 0.05) is 41.1 Å². The van der Waals surface area contributed by atoms with Crippen molar-refractivity contribution in [1.29, 1.82) is 10.7 Å². The number of nitrogens with two attached hydrogens (primary N) is 2. The van der Waals surface area contributed by atoms with E-state index in [1.165, 1.54) is 6.42 Å². The van der Waals surface area contributed by atoms with Crippen LogP contribution in [0.1, 0.15) is 67.2 Å². The van der Waals surface area contributed by atoms with Crippen molar-refractivity contribution in [2.45, 2.75) is 70.5 Å². The minimum atomic E-state index is -1.21. The second kappa shape index (κ2) is 11.5. The van der Waals surface area contributed by atoms with Crippen LogP contribution in [-0.2, 0) is 0 Å². The monoisotopic (exact) mass is 596 g/mol. The summed E-state index contributed by atoms with van der Waals surface area (Å²) in [5, 5.41) is 18.6. The number of nitriles is 1. The minimum absolute atomic E-state index is 0.0475. The third kappa shape index (κ3) is 5.57. The minimum Gasteiger partial charge on any atom is -0.489 e. The van der Waals surface area contributed by atoms with E-state index in [1.807, 2.05) is 13.0 Å². The van der Waals surface area contributed by atoms with Crippen LogP contribution in [0.2, 0.25) is 10.0 Å².